The largest absolute Gasteiger partial charge is 0.307 e. The average molecular weight is 242 g/mol. The van der Waals surface area contributed by atoms with E-state index in [1.807, 2.05) is 26.8 Å². The van der Waals surface area contributed by atoms with Crippen LogP contribution >= 0.6 is 11.6 Å². The van der Waals surface area contributed by atoms with Gasteiger partial charge in [-0.05, 0) is 32.5 Å². The van der Waals surface area contributed by atoms with Gasteiger partial charge >= 0.3 is 0 Å². The monoisotopic (exact) mass is 241 g/mol. The number of hydrogen-bond donors (Lipinski definition) is 1. The molecule has 0 aliphatic heterocycles. The maximum Gasteiger partial charge on any atom is 0.129 e. The fraction of sp³-hybridized carbons (Fsp3) is 0.385. The summed E-state index contributed by atoms with van der Waals surface area (Å²) in [6.07, 6.45) is 1.98. The first kappa shape index (κ1) is 13.2. The standard InChI is InChI=1S/C13H17ClFN/c1-4-16-12(8-9(2)3)13-10(14)6-5-7-11(13)15/h5-8,12,16H,4H2,1-3H3. The third-order valence-electron chi connectivity index (χ3n) is 2.23. The Hall–Kier alpha value is -0.860. The first-order valence-electron chi connectivity index (χ1n) is 5.38. The van der Waals surface area contributed by atoms with Gasteiger partial charge < -0.3 is 5.32 Å². The molecule has 1 aromatic carbocycles. The lowest BCUT2D eigenvalue weighted by Crippen LogP contribution is -2.20. The number of rotatable bonds is 4. The van der Waals surface area contributed by atoms with Gasteiger partial charge in [0.2, 0.25) is 0 Å². The lowest BCUT2D eigenvalue weighted by atomic mass is 10.0. The summed E-state index contributed by atoms with van der Waals surface area (Å²) in [5, 5.41) is 3.67. The molecule has 1 N–H and O–H groups in total. The zero-order chi connectivity index (χ0) is 12.1. The van der Waals surface area contributed by atoms with E-state index >= 15 is 0 Å². The number of benzene rings is 1. The summed E-state index contributed by atoms with van der Waals surface area (Å²) in [5.74, 6) is -0.268. The van der Waals surface area contributed by atoms with Crippen molar-refractivity contribution in [1.82, 2.24) is 5.32 Å². The molecular formula is C13H17ClFN. The van der Waals surface area contributed by atoms with Crippen molar-refractivity contribution >= 4 is 11.6 Å². The molecule has 0 aromatic heterocycles. The van der Waals surface area contributed by atoms with Crippen LogP contribution in [0.15, 0.2) is 29.8 Å². The molecule has 1 unspecified atom stereocenters. The van der Waals surface area contributed by atoms with E-state index in [1.165, 1.54) is 6.07 Å². The van der Waals surface area contributed by atoms with E-state index in [4.69, 9.17) is 11.6 Å². The van der Waals surface area contributed by atoms with Gasteiger partial charge in [0.15, 0.2) is 0 Å². The van der Waals surface area contributed by atoms with Crippen LogP contribution in [-0.2, 0) is 0 Å². The van der Waals surface area contributed by atoms with Gasteiger partial charge in [-0.25, -0.2) is 4.39 Å². The molecule has 0 saturated heterocycles. The van der Waals surface area contributed by atoms with Crippen molar-refractivity contribution < 1.29 is 4.39 Å². The minimum atomic E-state index is -0.268. The molecule has 1 nitrogen and oxygen atoms in total. The quantitative estimate of drug-likeness (QED) is 0.783. The zero-order valence-electron chi connectivity index (χ0n) is 9.85. The molecule has 0 aliphatic rings. The van der Waals surface area contributed by atoms with Crippen LogP contribution in [0.2, 0.25) is 5.02 Å². The maximum atomic E-state index is 13.7. The number of likely N-dealkylation sites (N-methyl/N-ethyl adjacent to an activating group) is 1. The summed E-state index contributed by atoms with van der Waals surface area (Å²) >= 11 is 6.03. The van der Waals surface area contributed by atoms with Gasteiger partial charge in [0, 0.05) is 10.6 Å². The van der Waals surface area contributed by atoms with E-state index in [9.17, 15) is 4.39 Å². The van der Waals surface area contributed by atoms with E-state index in [2.05, 4.69) is 5.32 Å². The third-order valence-corrected chi connectivity index (χ3v) is 2.56. The highest BCUT2D eigenvalue weighted by Gasteiger charge is 2.15. The van der Waals surface area contributed by atoms with Gasteiger partial charge in [-0.3, -0.25) is 0 Å². The Balaban J connectivity index is 3.15. The molecule has 0 spiro atoms. The lowest BCUT2D eigenvalue weighted by molar-refractivity contribution is 0.566. The fourth-order valence-electron chi connectivity index (χ4n) is 1.61. The Labute approximate surface area is 101 Å². The Morgan fingerprint density at radius 3 is 2.69 bits per heavy atom. The van der Waals surface area contributed by atoms with Crippen LogP contribution in [0, 0.1) is 5.82 Å². The van der Waals surface area contributed by atoms with Crippen molar-refractivity contribution in [3.05, 3.63) is 46.3 Å². The van der Waals surface area contributed by atoms with Crippen LogP contribution in [0.1, 0.15) is 32.4 Å². The first-order valence-corrected chi connectivity index (χ1v) is 5.76. The molecule has 0 fully saturated rings. The zero-order valence-corrected chi connectivity index (χ0v) is 10.6. The summed E-state index contributed by atoms with van der Waals surface area (Å²) in [4.78, 5) is 0. The molecule has 88 valence electrons. The minimum absolute atomic E-state index is 0.163. The molecule has 3 heteroatoms. The molecule has 0 amide bonds. The van der Waals surface area contributed by atoms with Gasteiger partial charge in [-0.15, -0.1) is 0 Å². The van der Waals surface area contributed by atoms with Crippen LogP contribution in [0.25, 0.3) is 0 Å². The van der Waals surface area contributed by atoms with Gasteiger partial charge in [0.1, 0.15) is 5.82 Å². The fourth-order valence-corrected chi connectivity index (χ4v) is 1.89. The summed E-state index contributed by atoms with van der Waals surface area (Å²) in [7, 11) is 0. The predicted molar refractivity (Wildman–Crippen MR) is 67.3 cm³/mol. The number of nitrogens with one attached hydrogen (secondary N) is 1. The second-order valence-electron chi connectivity index (χ2n) is 3.91. The average Bonchev–Trinajstić information content (AvgIpc) is 2.16. The molecular weight excluding hydrogens is 225 g/mol. The predicted octanol–water partition coefficient (Wildman–Crippen LogP) is 4.10. The summed E-state index contributed by atoms with van der Waals surface area (Å²) in [6, 6.07) is 4.60. The molecule has 0 bridgehead atoms. The minimum Gasteiger partial charge on any atom is -0.307 e. The van der Waals surface area contributed by atoms with Gasteiger partial charge in [0.05, 0.1) is 6.04 Å². The summed E-state index contributed by atoms with van der Waals surface area (Å²) in [6.45, 7) is 6.72. The van der Waals surface area contributed by atoms with Crippen molar-refractivity contribution in [2.45, 2.75) is 26.8 Å². The second-order valence-corrected chi connectivity index (χ2v) is 4.32. The molecule has 0 radical (unpaired) electrons. The van der Waals surface area contributed by atoms with Gasteiger partial charge in [-0.2, -0.15) is 0 Å². The number of hydrogen-bond acceptors (Lipinski definition) is 1. The SMILES string of the molecule is CCNC(C=C(C)C)c1c(F)cccc1Cl. The number of allylic oxidation sites excluding steroid dienone is 1. The van der Waals surface area contributed by atoms with Crippen LogP contribution < -0.4 is 5.32 Å². The normalized spacial score (nSPS) is 12.3. The molecule has 0 saturated carbocycles. The van der Waals surface area contributed by atoms with Crippen molar-refractivity contribution in [2.75, 3.05) is 6.54 Å². The highest BCUT2D eigenvalue weighted by Crippen LogP contribution is 2.27. The Morgan fingerprint density at radius 1 is 1.50 bits per heavy atom. The van der Waals surface area contributed by atoms with Crippen LogP contribution in [0.3, 0.4) is 0 Å². The van der Waals surface area contributed by atoms with E-state index in [0.717, 1.165) is 12.1 Å². The lowest BCUT2D eigenvalue weighted by Gasteiger charge is -2.17. The molecule has 16 heavy (non-hydrogen) atoms. The molecule has 0 heterocycles. The van der Waals surface area contributed by atoms with E-state index < -0.39 is 0 Å². The summed E-state index contributed by atoms with van der Waals surface area (Å²) in [5.41, 5.74) is 1.65. The molecule has 0 aliphatic carbocycles. The van der Waals surface area contributed by atoms with Crippen molar-refractivity contribution in [1.29, 1.82) is 0 Å². The third kappa shape index (κ3) is 3.32. The maximum absolute atomic E-state index is 13.7. The topological polar surface area (TPSA) is 12.0 Å². The van der Waals surface area contributed by atoms with E-state index in [1.54, 1.807) is 12.1 Å². The number of halogens is 2. The highest BCUT2D eigenvalue weighted by molar-refractivity contribution is 6.31. The molecule has 1 aromatic rings. The van der Waals surface area contributed by atoms with E-state index in [-0.39, 0.29) is 11.9 Å². The van der Waals surface area contributed by atoms with Crippen LogP contribution in [0.4, 0.5) is 4.39 Å². The molecule has 1 atom stereocenters. The Morgan fingerprint density at radius 2 is 2.19 bits per heavy atom. The van der Waals surface area contributed by atoms with E-state index in [0.29, 0.717) is 10.6 Å². The van der Waals surface area contributed by atoms with Gasteiger partial charge in [0.25, 0.3) is 0 Å². The first-order chi connectivity index (χ1) is 7.56. The summed E-state index contributed by atoms with van der Waals surface area (Å²) < 4.78 is 13.7. The van der Waals surface area contributed by atoms with Crippen LogP contribution in [0.5, 0.6) is 0 Å². The molecule has 1 rings (SSSR count). The highest BCUT2D eigenvalue weighted by atomic mass is 35.5. The second kappa shape index (κ2) is 6.02. The van der Waals surface area contributed by atoms with Crippen molar-refractivity contribution in [2.24, 2.45) is 0 Å². The smallest absolute Gasteiger partial charge is 0.129 e. The Bertz CT molecular complexity index is 363. The van der Waals surface area contributed by atoms with Crippen molar-refractivity contribution in [3.8, 4) is 0 Å². The van der Waals surface area contributed by atoms with Crippen molar-refractivity contribution in [3.63, 3.8) is 0 Å². The van der Waals surface area contributed by atoms with Gasteiger partial charge in [-0.1, -0.05) is 36.2 Å². The van der Waals surface area contributed by atoms with Crippen LogP contribution in [-0.4, -0.2) is 6.54 Å². The Kier molecular flexibility index (Phi) is 4.97.